The summed E-state index contributed by atoms with van der Waals surface area (Å²) >= 11 is 0. The van der Waals surface area contributed by atoms with E-state index < -0.39 is 0 Å². The zero-order valence-corrected chi connectivity index (χ0v) is 12.0. The number of nitrogens with zero attached hydrogens (tertiary/aromatic N) is 1. The van der Waals surface area contributed by atoms with Crippen LogP contribution >= 0.6 is 0 Å². The van der Waals surface area contributed by atoms with Crippen molar-refractivity contribution in [2.45, 2.75) is 51.5 Å². The highest BCUT2D eigenvalue weighted by molar-refractivity contribution is 4.84. The SMILES string of the molecule is CCOCCN1CCCCCC1C1CCNCC1. The second-order valence-corrected chi connectivity index (χ2v) is 5.74. The lowest BCUT2D eigenvalue weighted by molar-refractivity contribution is 0.0693. The number of rotatable bonds is 5. The molecule has 3 heteroatoms. The molecule has 2 rings (SSSR count). The number of hydrogen-bond acceptors (Lipinski definition) is 3. The van der Waals surface area contributed by atoms with Gasteiger partial charge in [-0.25, -0.2) is 0 Å². The van der Waals surface area contributed by atoms with Crippen molar-refractivity contribution < 1.29 is 4.74 Å². The van der Waals surface area contributed by atoms with Crippen LogP contribution in [0.25, 0.3) is 0 Å². The van der Waals surface area contributed by atoms with Crippen LogP contribution in [0.1, 0.15) is 45.4 Å². The number of nitrogens with one attached hydrogen (secondary N) is 1. The van der Waals surface area contributed by atoms with E-state index in [4.69, 9.17) is 4.74 Å². The normalized spacial score (nSPS) is 28.2. The zero-order valence-electron chi connectivity index (χ0n) is 12.0. The van der Waals surface area contributed by atoms with E-state index in [1.165, 1.54) is 58.2 Å². The topological polar surface area (TPSA) is 24.5 Å². The Kier molecular flexibility index (Phi) is 6.46. The minimum Gasteiger partial charge on any atom is -0.380 e. The van der Waals surface area contributed by atoms with Crippen LogP contribution in [-0.2, 0) is 4.74 Å². The molecular formula is C15H30N2O. The van der Waals surface area contributed by atoms with Crippen LogP contribution < -0.4 is 5.32 Å². The van der Waals surface area contributed by atoms with Crippen molar-refractivity contribution in [3.63, 3.8) is 0 Å². The lowest BCUT2D eigenvalue weighted by atomic mass is 9.87. The van der Waals surface area contributed by atoms with Gasteiger partial charge in [0.15, 0.2) is 0 Å². The molecule has 18 heavy (non-hydrogen) atoms. The summed E-state index contributed by atoms with van der Waals surface area (Å²) in [4.78, 5) is 2.73. The number of piperidine rings is 1. The van der Waals surface area contributed by atoms with E-state index in [0.717, 1.165) is 31.7 Å². The van der Waals surface area contributed by atoms with Crippen molar-refractivity contribution in [2.24, 2.45) is 5.92 Å². The smallest absolute Gasteiger partial charge is 0.0593 e. The maximum absolute atomic E-state index is 5.56. The van der Waals surface area contributed by atoms with Crippen LogP contribution in [0.15, 0.2) is 0 Å². The van der Waals surface area contributed by atoms with Gasteiger partial charge in [0.1, 0.15) is 0 Å². The molecule has 2 aliphatic rings. The van der Waals surface area contributed by atoms with E-state index >= 15 is 0 Å². The van der Waals surface area contributed by atoms with Crippen molar-refractivity contribution in [2.75, 3.05) is 39.4 Å². The first kappa shape index (κ1) is 14.3. The van der Waals surface area contributed by atoms with Crippen LogP contribution in [0, 0.1) is 5.92 Å². The van der Waals surface area contributed by atoms with Crippen molar-refractivity contribution in [3.05, 3.63) is 0 Å². The summed E-state index contributed by atoms with van der Waals surface area (Å²) in [6.07, 6.45) is 8.39. The molecule has 0 aromatic carbocycles. The van der Waals surface area contributed by atoms with Crippen LogP contribution in [0.3, 0.4) is 0 Å². The fourth-order valence-corrected chi connectivity index (χ4v) is 3.56. The Bertz CT molecular complexity index is 217. The van der Waals surface area contributed by atoms with Crippen molar-refractivity contribution in [1.82, 2.24) is 10.2 Å². The zero-order chi connectivity index (χ0) is 12.6. The van der Waals surface area contributed by atoms with E-state index in [2.05, 4.69) is 17.1 Å². The molecule has 2 aliphatic heterocycles. The van der Waals surface area contributed by atoms with Crippen molar-refractivity contribution in [3.8, 4) is 0 Å². The summed E-state index contributed by atoms with van der Waals surface area (Å²) in [5.41, 5.74) is 0. The summed E-state index contributed by atoms with van der Waals surface area (Å²) in [6, 6.07) is 0.829. The number of ether oxygens (including phenoxy) is 1. The number of likely N-dealkylation sites (tertiary alicyclic amines) is 1. The molecule has 0 aromatic rings. The van der Waals surface area contributed by atoms with E-state index in [1.807, 2.05) is 0 Å². The second-order valence-electron chi connectivity index (χ2n) is 5.74. The Balaban J connectivity index is 1.88. The second kappa shape index (κ2) is 8.13. The van der Waals surface area contributed by atoms with Gasteiger partial charge in [0.05, 0.1) is 6.61 Å². The minimum absolute atomic E-state index is 0.829. The maximum atomic E-state index is 5.56. The fraction of sp³-hybridized carbons (Fsp3) is 1.00. The summed E-state index contributed by atoms with van der Waals surface area (Å²) in [7, 11) is 0. The van der Waals surface area contributed by atoms with Gasteiger partial charge in [-0.2, -0.15) is 0 Å². The Morgan fingerprint density at radius 3 is 2.72 bits per heavy atom. The Morgan fingerprint density at radius 1 is 1.11 bits per heavy atom. The number of hydrogen-bond donors (Lipinski definition) is 1. The average molecular weight is 254 g/mol. The first-order valence-electron chi connectivity index (χ1n) is 7.94. The molecule has 2 heterocycles. The third-order valence-corrected chi connectivity index (χ3v) is 4.57. The molecular weight excluding hydrogens is 224 g/mol. The largest absolute Gasteiger partial charge is 0.380 e. The van der Waals surface area contributed by atoms with Gasteiger partial charge < -0.3 is 10.1 Å². The van der Waals surface area contributed by atoms with Gasteiger partial charge in [0.2, 0.25) is 0 Å². The highest BCUT2D eigenvalue weighted by Crippen LogP contribution is 2.27. The third kappa shape index (κ3) is 4.22. The van der Waals surface area contributed by atoms with E-state index in [1.54, 1.807) is 0 Å². The maximum Gasteiger partial charge on any atom is 0.0593 e. The first-order valence-corrected chi connectivity index (χ1v) is 7.94. The molecule has 0 radical (unpaired) electrons. The van der Waals surface area contributed by atoms with Crippen LogP contribution in [-0.4, -0.2) is 50.3 Å². The summed E-state index contributed by atoms with van der Waals surface area (Å²) < 4.78 is 5.56. The van der Waals surface area contributed by atoms with Gasteiger partial charge in [-0.1, -0.05) is 12.8 Å². The molecule has 106 valence electrons. The van der Waals surface area contributed by atoms with Gasteiger partial charge in [-0.3, -0.25) is 4.90 Å². The van der Waals surface area contributed by atoms with E-state index in [0.29, 0.717) is 0 Å². The lowest BCUT2D eigenvalue weighted by Crippen LogP contribution is -2.45. The van der Waals surface area contributed by atoms with E-state index in [9.17, 15) is 0 Å². The van der Waals surface area contributed by atoms with Crippen molar-refractivity contribution in [1.29, 1.82) is 0 Å². The molecule has 0 bridgehead atoms. The molecule has 0 amide bonds. The minimum atomic E-state index is 0.829. The summed E-state index contributed by atoms with van der Waals surface area (Å²) in [5.74, 6) is 0.922. The standard InChI is InChI=1S/C15H30N2O/c1-2-18-13-12-17-11-5-3-4-6-15(17)14-7-9-16-10-8-14/h14-16H,2-13H2,1H3. The summed E-state index contributed by atoms with van der Waals surface area (Å²) in [5, 5.41) is 3.49. The first-order chi connectivity index (χ1) is 8.92. The Morgan fingerprint density at radius 2 is 1.94 bits per heavy atom. The molecule has 0 spiro atoms. The van der Waals surface area contributed by atoms with Gasteiger partial charge in [0, 0.05) is 19.2 Å². The summed E-state index contributed by atoms with van der Waals surface area (Å²) in [6.45, 7) is 8.74. The van der Waals surface area contributed by atoms with Crippen LogP contribution in [0.2, 0.25) is 0 Å². The lowest BCUT2D eigenvalue weighted by Gasteiger charge is -2.38. The Hall–Kier alpha value is -0.120. The molecule has 3 nitrogen and oxygen atoms in total. The fourth-order valence-electron chi connectivity index (χ4n) is 3.56. The molecule has 1 atom stereocenters. The van der Waals surface area contributed by atoms with Gasteiger partial charge >= 0.3 is 0 Å². The van der Waals surface area contributed by atoms with Gasteiger partial charge in [-0.05, 0) is 58.2 Å². The van der Waals surface area contributed by atoms with Crippen LogP contribution in [0.4, 0.5) is 0 Å². The molecule has 0 aliphatic carbocycles. The molecule has 2 saturated heterocycles. The molecule has 0 aromatic heterocycles. The van der Waals surface area contributed by atoms with Gasteiger partial charge in [0.25, 0.3) is 0 Å². The predicted octanol–water partition coefficient (Wildman–Crippen LogP) is 2.27. The molecule has 0 saturated carbocycles. The van der Waals surface area contributed by atoms with Gasteiger partial charge in [-0.15, -0.1) is 0 Å². The molecule has 1 unspecified atom stereocenters. The monoisotopic (exact) mass is 254 g/mol. The average Bonchev–Trinajstić information content (AvgIpc) is 2.66. The van der Waals surface area contributed by atoms with E-state index in [-0.39, 0.29) is 0 Å². The highest BCUT2D eigenvalue weighted by Gasteiger charge is 2.29. The molecule has 1 N–H and O–H groups in total. The quantitative estimate of drug-likeness (QED) is 0.762. The Labute approximate surface area is 112 Å². The molecule has 2 fully saturated rings. The highest BCUT2D eigenvalue weighted by atomic mass is 16.5. The third-order valence-electron chi connectivity index (χ3n) is 4.57. The predicted molar refractivity (Wildman–Crippen MR) is 75.9 cm³/mol. The van der Waals surface area contributed by atoms with Crippen molar-refractivity contribution >= 4 is 0 Å². The van der Waals surface area contributed by atoms with Crippen LogP contribution in [0.5, 0.6) is 0 Å².